The van der Waals surface area contributed by atoms with Crippen LogP contribution in [0, 0.1) is 24.5 Å². The van der Waals surface area contributed by atoms with E-state index in [0.717, 1.165) is 47.1 Å². The summed E-state index contributed by atoms with van der Waals surface area (Å²) in [6, 6.07) is 10.3. The van der Waals surface area contributed by atoms with Crippen LogP contribution in [-0.4, -0.2) is 34.6 Å². The molecule has 1 fully saturated rings. The van der Waals surface area contributed by atoms with Crippen molar-refractivity contribution >= 4 is 16.7 Å². The normalized spacial score (nSPS) is 14.3. The standard InChI is InChI=1S/C23H21F2N5/c1-13-3-2-4-15(5-13)17-9-27-10-18(22(17)30-11-14(8-26)12-30)23-28-20-7-16(24)6-19(25)21(20)29-23/h2-7,9-10,14H,8,11-12,26H2,1H3,(H,28,29). The van der Waals surface area contributed by atoms with E-state index in [1.165, 1.54) is 6.07 Å². The first-order chi connectivity index (χ1) is 14.5. The van der Waals surface area contributed by atoms with Crippen LogP contribution in [-0.2, 0) is 0 Å². The molecule has 2 aromatic carbocycles. The third kappa shape index (κ3) is 3.11. The zero-order valence-electron chi connectivity index (χ0n) is 16.5. The summed E-state index contributed by atoms with van der Waals surface area (Å²) in [6.45, 7) is 4.34. The summed E-state index contributed by atoms with van der Waals surface area (Å²) in [5, 5.41) is 0. The summed E-state index contributed by atoms with van der Waals surface area (Å²) in [5.74, 6) is -0.444. The molecule has 1 aliphatic heterocycles. The molecule has 4 aromatic rings. The number of aryl methyl sites for hydroxylation is 1. The molecule has 0 aliphatic carbocycles. The van der Waals surface area contributed by atoms with Gasteiger partial charge < -0.3 is 15.6 Å². The topological polar surface area (TPSA) is 70.8 Å². The summed E-state index contributed by atoms with van der Waals surface area (Å²) >= 11 is 0. The number of aromatic nitrogens is 3. The molecule has 7 heteroatoms. The smallest absolute Gasteiger partial charge is 0.153 e. The number of hydrogen-bond donors (Lipinski definition) is 2. The molecule has 0 radical (unpaired) electrons. The number of fused-ring (bicyclic) bond motifs is 1. The Morgan fingerprint density at radius 3 is 2.70 bits per heavy atom. The number of pyridine rings is 1. The molecule has 5 nitrogen and oxygen atoms in total. The molecule has 30 heavy (non-hydrogen) atoms. The predicted molar refractivity (Wildman–Crippen MR) is 114 cm³/mol. The van der Waals surface area contributed by atoms with Crippen molar-refractivity contribution in [1.29, 1.82) is 0 Å². The number of hydrogen-bond acceptors (Lipinski definition) is 4. The fourth-order valence-corrected chi connectivity index (χ4v) is 4.06. The molecule has 0 saturated carbocycles. The molecule has 0 atom stereocenters. The van der Waals surface area contributed by atoms with Gasteiger partial charge in [-0.15, -0.1) is 0 Å². The van der Waals surface area contributed by atoms with E-state index in [0.29, 0.717) is 23.8 Å². The quantitative estimate of drug-likeness (QED) is 0.532. The van der Waals surface area contributed by atoms with Gasteiger partial charge in [0, 0.05) is 43.0 Å². The van der Waals surface area contributed by atoms with E-state index in [1.54, 1.807) is 6.20 Å². The molecule has 1 saturated heterocycles. The SMILES string of the molecule is Cc1cccc(-c2cncc(-c3nc4c(F)cc(F)cc4[nH]3)c2N2CC(CN)C2)c1. The van der Waals surface area contributed by atoms with Crippen molar-refractivity contribution in [3.8, 4) is 22.5 Å². The monoisotopic (exact) mass is 405 g/mol. The van der Waals surface area contributed by atoms with Crippen LogP contribution in [0.15, 0.2) is 48.8 Å². The third-order valence-electron chi connectivity index (χ3n) is 5.61. The summed E-state index contributed by atoms with van der Waals surface area (Å²) in [4.78, 5) is 14.2. The zero-order chi connectivity index (χ0) is 20.8. The second kappa shape index (κ2) is 7.18. The number of nitrogens with one attached hydrogen (secondary N) is 1. The molecule has 1 aliphatic rings. The van der Waals surface area contributed by atoms with Crippen LogP contribution >= 0.6 is 0 Å². The lowest BCUT2D eigenvalue weighted by Gasteiger charge is -2.42. The minimum Gasteiger partial charge on any atom is -0.370 e. The lowest BCUT2D eigenvalue weighted by atomic mass is 9.94. The maximum Gasteiger partial charge on any atom is 0.153 e. The Bertz CT molecular complexity index is 1240. The van der Waals surface area contributed by atoms with E-state index >= 15 is 0 Å². The molecule has 0 bridgehead atoms. The van der Waals surface area contributed by atoms with Crippen molar-refractivity contribution in [1.82, 2.24) is 15.0 Å². The van der Waals surface area contributed by atoms with Crippen molar-refractivity contribution in [3.05, 3.63) is 66.0 Å². The van der Waals surface area contributed by atoms with Crippen molar-refractivity contribution in [2.75, 3.05) is 24.5 Å². The fraction of sp³-hybridized carbons (Fsp3) is 0.217. The lowest BCUT2D eigenvalue weighted by molar-refractivity contribution is 0.421. The van der Waals surface area contributed by atoms with Gasteiger partial charge in [-0.2, -0.15) is 0 Å². The van der Waals surface area contributed by atoms with Gasteiger partial charge in [0.25, 0.3) is 0 Å². The highest BCUT2D eigenvalue weighted by Crippen LogP contribution is 2.41. The molecular formula is C23H21F2N5. The molecule has 5 rings (SSSR count). The summed E-state index contributed by atoms with van der Waals surface area (Å²) in [6.07, 6.45) is 3.56. The highest BCUT2D eigenvalue weighted by molar-refractivity contribution is 5.91. The summed E-state index contributed by atoms with van der Waals surface area (Å²) in [5.41, 5.74) is 11.2. The number of anilines is 1. The van der Waals surface area contributed by atoms with Gasteiger partial charge in [-0.1, -0.05) is 29.8 Å². The number of nitrogens with zero attached hydrogens (tertiary/aromatic N) is 3. The average molecular weight is 405 g/mol. The van der Waals surface area contributed by atoms with Gasteiger partial charge in [0.2, 0.25) is 0 Å². The third-order valence-corrected chi connectivity index (χ3v) is 5.61. The minimum absolute atomic E-state index is 0.113. The first kappa shape index (κ1) is 18.7. The largest absolute Gasteiger partial charge is 0.370 e. The Morgan fingerprint density at radius 2 is 1.93 bits per heavy atom. The highest BCUT2D eigenvalue weighted by atomic mass is 19.1. The van der Waals surface area contributed by atoms with E-state index < -0.39 is 11.6 Å². The van der Waals surface area contributed by atoms with Crippen LogP contribution < -0.4 is 10.6 Å². The molecule has 3 N–H and O–H groups in total. The van der Waals surface area contributed by atoms with Crippen LogP contribution in [0.4, 0.5) is 14.5 Å². The Hall–Kier alpha value is -3.32. The first-order valence-electron chi connectivity index (χ1n) is 9.88. The van der Waals surface area contributed by atoms with Crippen LogP contribution in [0.3, 0.4) is 0 Å². The maximum atomic E-state index is 14.2. The number of H-pyrrole nitrogens is 1. The Labute approximate surface area is 172 Å². The van der Waals surface area contributed by atoms with Crippen LogP contribution in [0.5, 0.6) is 0 Å². The summed E-state index contributed by atoms with van der Waals surface area (Å²) in [7, 11) is 0. The number of aromatic amines is 1. The van der Waals surface area contributed by atoms with Crippen molar-refractivity contribution < 1.29 is 8.78 Å². The molecule has 0 amide bonds. The molecule has 0 unspecified atom stereocenters. The van der Waals surface area contributed by atoms with Crippen LogP contribution in [0.1, 0.15) is 5.56 Å². The number of imidazole rings is 1. The van der Waals surface area contributed by atoms with Gasteiger partial charge in [0.1, 0.15) is 17.2 Å². The van der Waals surface area contributed by atoms with Gasteiger partial charge >= 0.3 is 0 Å². The average Bonchev–Trinajstić information content (AvgIpc) is 3.11. The lowest BCUT2D eigenvalue weighted by Crippen LogP contribution is -2.50. The Kier molecular flexibility index (Phi) is 4.47. The number of halogens is 2. The van der Waals surface area contributed by atoms with Crippen molar-refractivity contribution in [3.63, 3.8) is 0 Å². The highest BCUT2D eigenvalue weighted by Gasteiger charge is 2.30. The van der Waals surface area contributed by atoms with Crippen molar-refractivity contribution in [2.45, 2.75) is 6.92 Å². The molecule has 152 valence electrons. The van der Waals surface area contributed by atoms with Gasteiger partial charge in [-0.3, -0.25) is 4.98 Å². The van der Waals surface area contributed by atoms with E-state index in [2.05, 4.69) is 25.9 Å². The Balaban J connectivity index is 1.70. The van der Waals surface area contributed by atoms with Gasteiger partial charge in [0.05, 0.1) is 16.8 Å². The maximum absolute atomic E-state index is 14.2. The van der Waals surface area contributed by atoms with E-state index in [-0.39, 0.29) is 5.52 Å². The fourth-order valence-electron chi connectivity index (χ4n) is 4.06. The van der Waals surface area contributed by atoms with Crippen LogP contribution in [0.2, 0.25) is 0 Å². The van der Waals surface area contributed by atoms with Gasteiger partial charge in [-0.05, 0) is 25.1 Å². The molecule has 2 aromatic heterocycles. The van der Waals surface area contributed by atoms with Crippen molar-refractivity contribution in [2.24, 2.45) is 11.7 Å². The van der Waals surface area contributed by atoms with E-state index in [9.17, 15) is 8.78 Å². The number of nitrogens with two attached hydrogens (primary N) is 1. The molecular weight excluding hydrogens is 384 g/mol. The van der Waals surface area contributed by atoms with E-state index in [4.69, 9.17) is 5.73 Å². The number of benzene rings is 2. The zero-order valence-corrected chi connectivity index (χ0v) is 16.5. The van der Waals surface area contributed by atoms with E-state index in [1.807, 2.05) is 31.3 Å². The molecule has 0 spiro atoms. The first-order valence-corrected chi connectivity index (χ1v) is 9.88. The Morgan fingerprint density at radius 1 is 1.13 bits per heavy atom. The molecule has 3 heterocycles. The second-order valence-electron chi connectivity index (χ2n) is 7.83. The second-order valence-corrected chi connectivity index (χ2v) is 7.83. The predicted octanol–water partition coefficient (Wildman–Crippen LogP) is 4.27. The minimum atomic E-state index is -0.691. The summed E-state index contributed by atoms with van der Waals surface area (Å²) < 4.78 is 27.9. The van der Waals surface area contributed by atoms with Crippen LogP contribution in [0.25, 0.3) is 33.5 Å². The van der Waals surface area contributed by atoms with Gasteiger partial charge in [0.15, 0.2) is 5.82 Å². The van der Waals surface area contributed by atoms with Gasteiger partial charge in [-0.25, -0.2) is 13.8 Å². The number of rotatable bonds is 4.